The maximum atomic E-state index is 13.6. The largest absolute Gasteiger partial charge is 0.497 e. The van der Waals surface area contributed by atoms with Gasteiger partial charge >= 0.3 is 0 Å². The van der Waals surface area contributed by atoms with E-state index in [4.69, 9.17) is 4.74 Å². The lowest BCUT2D eigenvalue weighted by Gasteiger charge is -2.26. The van der Waals surface area contributed by atoms with Gasteiger partial charge in [-0.1, -0.05) is 38.3 Å². The van der Waals surface area contributed by atoms with Gasteiger partial charge in [-0.15, -0.1) is 0 Å². The number of pyridine rings is 1. The number of nitrogens with zero attached hydrogens (tertiary/aromatic N) is 1. The van der Waals surface area contributed by atoms with Gasteiger partial charge in [0.05, 0.1) is 23.2 Å². The molecule has 1 heterocycles. The quantitative estimate of drug-likeness (QED) is 0.575. The summed E-state index contributed by atoms with van der Waals surface area (Å²) in [6, 6.07) is 13.0. The van der Waals surface area contributed by atoms with Gasteiger partial charge in [-0.2, -0.15) is 0 Å². The summed E-state index contributed by atoms with van der Waals surface area (Å²) in [6.45, 7) is 2.05. The third-order valence-corrected chi connectivity index (χ3v) is 7.71. The number of anilines is 1. The second-order valence-electron chi connectivity index (χ2n) is 7.86. The Labute approximate surface area is 178 Å². The van der Waals surface area contributed by atoms with Crippen molar-refractivity contribution in [3.8, 4) is 5.75 Å². The van der Waals surface area contributed by atoms with Crippen molar-refractivity contribution in [1.82, 2.24) is 4.98 Å². The van der Waals surface area contributed by atoms with Crippen molar-refractivity contribution in [3.05, 3.63) is 54.2 Å². The van der Waals surface area contributed by atoms with E-state index in [9.17, 15) is 8.42 Å². The highest BCUT2D eigenvalue weighted by Crippen LogP contribution is 2.36. The zero-order chi connectivity index (χ0) is 21.1. The first-order valence-electron chi connectivity index (χ1n) is 10.6. The standard InChI is InChI=1S/C24H28N2O3S/c1-3-17-9-12-20(13-10-17)30(27,28)23-16-25-22-14-11-19(29-2)15-21(22)24(23)26-18-7-5-4-6-8-18/h9-16,18H,3-8H2,1-2H3,(H,25,26). The number of aryl methyl sites for hydroxylation is 1. The van der Waals surface area contributed by atoms with E-state index in [-0.39, 0.29) is 15.8 Å². The van der Waals surface area contributed by atoms with Gasteiger partial charge < -0.3 is 10.1 Å². The van der Waals surface area contributed by atoms with Gasteiger partial charge in [0.1, 0.15) is 10.6 Å². The molecular weight excluding hydrogens is 396 g/mol. The molecule has 0 spiro atoms. The first-order valence-corrected chi connectivity index (χ1v) is 12.1. The van der Waals surface area contributed by atoms with Crippen LogP contribution in [0, 0.1) is 0 Å². The molecule has 6 heteroatoms. The molecule has 1 aromatic heterocycles. The van der Waals surface area contributed by atoms with Crippen molar-refractivity contribution >= 4 is 26.4 Å². The summed E-state index contributed by atoms with van der Waals surface area (Å²) < 4.78 is 32.6. The Morgan fingerprint density at radius 1 is 1.07 bits per heavy atom. The molecule has 0 radical (unpaired) electrons. The lowest BCUT2D eigenvalue weighted by molar-refractivity contribution is 0.415. The Balaban J connectivity index is 1.87. The molecule has 2 aromatic carbocycles. The van der Waals surface area contributed by atoms with Crippen molar-refractivity contribution in [1.29, 1.82) is 0 Å². The Kier molecular flexibility index (Phi) is 5.95. The van der Waals surface area contributed by atoms with Crippen LogP contribution in [0.15, 0.2) is 58.5 Å². The van der Waals surface area contributed by atoms with Crippen molar-refractivity contribution in [2.75, 3.05) is 12.4 Å². The van der Waals surface area contributed by atoms with E-state index in [0.717, 1.165) is 48.6 Å². The highest BCUT2D eigenvalue weighted by Gasteiger charge is 2.26. The fourth-order valence-corrected chi connectivity index (χ4v) is 5.49. The second kappa shape index (κ2) is 8.64. The molecule has 0 amide bonds. The molecular formula is C24H28N2O3S. The first-order chi connectivity index (χ1) is 14.5. The fraction of sp³-hybridized carbons (Fsp3) is 0.375. The minimum atomic E-state index is -3.72. The van der Waals surface area contributed by atoms with Crippen LogP contribution in [0.4, 0.5) is 5.69 Å². The molecule has 0 saturated heterocycles. The van der Waals surface area contributed by atoms with E-state index in [2.05, 4.69) is 17.2 Å². The van der Waals surface area contributed by atoms with Crippen LogP contribution in [0.3, 0.4) is 0 Å². The average Bonchev–Trinajstić information content (AvgIpc) is 2.79. The Bertz CT molecular complexity index is 1140. The maximum Gasteiger partial charge on any atom is 0.210 e. The molecule has 1 N–H and O–H groups in total. The lowest BCUT2D eigenvalue weighted by atomic mass is 9.95. The minimum Gasteiger partial charge on any atom is -0.497 e. The minimum absolute atomic E-state index is 0.220. The van der Waals surface area contributed by atoms with Crippen molar-refractivity contribution < 1.29 is 13.2 Å². The topological polar surface area (TPSA) is 68.3 Å². The molecule has 0 bridgehead atoms. The van der Waals surface area contributed by atoms with Crippen molar-refractivity contribution in [2.45, 2.75) is 61.3 Å². The lowest BCUT2D eigenvalue weighted by Crippen LogP contribution is -2.23. The van der Waals surface area contributed by atoms with E-state index in [1.165, 1.54) is 12.6 Å². The molecule has 1 aliphatic carbocycles. The Morgan fingerprint density at radius 3 is 2.47 bits per heavy atom. The van der Waals surface area contributed by atoms with Crippen LogP contribution in [0.1, 0.15) is 44.6 Å². The molecule has 1 aliphatic rings. The van der Waals surface area contributed by atoms with E-state index < -0.39 is 9.84 Å². The van der Waals surface area contributed by atoms with Gasteiger partial charge in [0.15, 0.2) is 0 Å². The predicted molar refractivity (Wildman–Crippen MR) is 120 cm³/mol. The number of rotatable bonds is 6. The van der Waals surface area contributed by atoms with Gasteiger partial charge in [-0.25, -0.2) is 8.42 Å². The molecule has 0 unspecified atom stereocenters. The summed E-state index contributed by atoms with van der Waals surface area (Å²) in [5, 5.41) is 4.34. The average molecular weight is 425 g/mol. The number of nitrogens with one attached hydrogen (secondary N) is 1. The van der Waals surface area contributed by atoms with Crippen LogP contribution >= 0.6 is 0 Å². The fourth-order valence-electron chi connectivity index (χ4n) is 4.12. The molecule has 0 aliphatic heterocycles. The number of ether oxygens (including phenoxy) is 1. The molecule has 158 valence electrons. The normalized spacial score (nSPS) is 15.3. The molecule has 0 atom stereocenters. The zero-order valence-corrected chi connectivity index (χ0v) is 18.3. The number of aromatic nitrogens is 1. The summed E-state index contributed by atoms with van der Waals surface area (Å²) in [4.78, 5) is 4.97. The third kappa shape index (κ3) is 4.01. The highest BCUT2D eigenvalue weighted by atomic mass is 32.2. The number of methoxy groups -OCH3 is 1. The van der Waals surface area contributed by atoms with Crippen molar-refractivity contribution in [3.63, 3.8) is 0 Å². The van der Waals surface area contributed by atoms with Crippen molar-refractivity contribution in [2.24, 2.45) is 0 Å². The van der Waals surface area contributed by atoms with E-state index in [1.54, 1.807) is 19.2 Å². The summed E-state index contributed by atoms with van der Waals surface area (Å²) >= 11 is 0. The molecule has 3 aromatic rings. The molecule has 1 saturated carbocycles. The van der Waals surface area contributed by atoms with Crippen LogP contribution in [0.5, 0.6) is 5.75 Å². The smallest absolute Gasteiger partial charge is 0.210 e. The second-order valence-corrected chi connectivity index (χ2v) is 9.78. The highest BCUT2D eigenvalue weighted by molar-refractivity contribution is 7.91. The van der Waals surface area contributed by atoms with Gasteiger partial charge in [0.25, 0.3) is 0 Å². The molecule has 1 fully saturated rings. The summed E-state index contributed by atoms with van der Waals surface area (Å²) in [5.41, 5.74) is 2.48. The van der Waals surface area contributed by atoms with Gasteiger partial charge in [-0.3, -0.25) is 4.98 Å². The summed E-state index contributed by atoms with van der Waals surface area (Å²) in [5.74, 6) is 0.679. The molecule has 5 nitrogen and oxygen atoms in total. The van der Waals surface area contributed by atoms with E-state index >= 15 is 0 Å². The third-order valence-electron chi connectivity index (χ3n) is 5.93. The van der Waals surface area contributed by atoms with E-state index in [1.807, 2.05) is 30.3 Å². The maximum absolute atomic E-state index is 13.6. The number of fused-ring (bicyclic) bond motifs is 1. The van der Waals surface area contributed by atoms with Gasteiger partial charge in [0, 0.05) is 17.6 Å². The first kappa shape index (κ1) is 20.7. The number of hydrogen-bond donors (Lipinski definition) is 1. The molecule has 4 rings (SSSR count). The SMILES string of the molecule is CCc1ccc(S(=O)(=O)c2cnc3ccc(OC)cc3c2NC2CCCCC2)cc1. The zero-order valence-electron chi connectivity index (χ0n) is 17.5. The van der Waals surface area contributed by atoms with Gasteiger partial charge in [-0.05, 0) is 55.2 Å². The van der Waals surface area contributed by atoms with Crippen LogP contribution in [0.25, 0.3) is 10.9 Å². The number of sulfone groups is 1. The number of hydrogen-bond acceptors (Lipinski definition) is 5. The molecule has 30 heavy (non-hydrogen) atoms. The summed E-state index contributed by atoms with van der Waals surface area (Å²) in [7, 11) is -2.11. The van der Waals surface area contributed by atoms with Crippen LogP contribution in [-0.4, -0.2) is 26.6 Å². The number of benzene rings is 2. The van der Waals surface area contributed by atoms with E-state index in [0.29, 0.717) is 11.4 Å². The van der Waals surface area contributed by atoms with Crippen LogP contribution in [0.2, 0.25) is 0 Å². The monoisotopic (exact) mass is 424 g/mol. The Hall–Kier alpha value is -2.60. The predicted octanol–water partition coefficient (Wildman–Crippen LogP) is 5.38. The van der Waals surface area contributed by atoms with Crippen LogP contribution < -0.4 is 10.1 Å². The van der Waals surface area contributed by atoms with Crippen LogP contribution in [-0.2, 0) is 16.3 Å². The summed E-state index contributed by atoms with van der Waals surface area (Å²) in [6.07, 6.45) is 7.99. The Morgan fingerprint density at radius 2 is 1.80 bits per heavy atom. The van der Waals surface area contributed by atoms with Gasteiger partial charge in [0.2, 0.25) is 9.84 Å².